The van der Waals surface area contributed by atoms with Gasteiger partial charge in [-0.1, -0.05) is 32.4 Å². The zero-order valence-corrected chi connectivity index (χ0v) is 7.98. The zero-order chi connectivity index (χ0) is 9.35. The van der Waals surface area contributed by atoms with Crippen LogP contribution in [0.15, 0.2) is 6.20 Å². The molecule has 0 unspecified atom stereocenters. The fourth-order valence-electron chi connectivity index (χ4n) is 0.844. The molecular formula is C8H10ClFN2. The van der Waals surface area contributed by atoms with E-state index in [9.17, 15) is 4.39 Å². The van der Waals surface area contributed by atoms with Gasteiger partial charge in [-0.15, -0.1) is 0 Å². The van der Waals surface area contributed by atoms with Crippen LogP contribution in [-0.4, -0.2) is 9.97 Å². The maximum atomic E-state index is 12.4. The van der Waals surface area contributed by atoms with Crippen molar-refractivity contribution in [2.45, 2.75) is 26.2 Å². The lowest BCUT2D eigenvalue weighted by Crippen LogP contribution is -2.13. The van der Waals surface area contributed by atoms with Gasteiger partial charge in [-0.3, -0.25) is 0 Å². The first-order valence-corrected chi connectivity index (χ1v) is 3.97. The van der Waals surface area contributed by atoms with Gasteiger partial charge < -0.3 is 0 Å². The molecule has 0 aliphatic heterocycles. The summed E-state index contributed by atoms with van der Waals surface area (Å²) in [6.45, 7) is 5.90. The summed E-state index contributed by atoms with van der Waals surface area (Å²) < 4.78 is 12.4. The van der Waals surface area contributed by atoms with Crippen LogP contribution in [0.4, 0.5) is 4.39 Å². The van der Waals surface area contributed by atoms with E-state index in [0.29, 0.717) is 0 Å². The van der Waals surface area contributed by atoms with Crippen molar-refractivity contribution in [1.29, 1.82) is 0 Å². The van der Waals surface area contributed by atoms with Gasteiger partial charge in [0.15, 0.2) is 0 Å². The highest BCUT2D eigenvalue weighted by molar-refractivity contribution is 6.30. The van der Waals surface area contributed by atoms with Gasteiger partial charge in [-0.25, -0.2) is 4.98 Å². The molecule has 0 radical (unpaired) electrons. The Morgan fingerprint density at radius 2 is 2.00 bits per heavy atom. The number of aromatic nitrogens is 2. The van der Waals surface area contributed by atoms with Crippen LogP contribution in [0.3, 0.4) is 0 Å². The first-order valence-electron chi connectivity index (χ1n) is 3.60. The highest BCUT2D eigenvalue weighted by Crippen LogP contribution is 2.26. The summed E-state index contributed by atoms with van der Waals surface area (Å²) in [5, 5.41) is 0.190. The van der Waals surface area contributed by atoms with Gasteiger partial charge in [0.1, 0.15) is 5.15 Å². The van der Waals surface area contributed by atoms with E-state index >= 15 is 0 Å². The van der Waals surface area contributed by atoms with Crippen molar-refractivity contribution in [3.05, 3.63) is 23.0 Å². The van der Waals surface area contributed by atoms with Crippen LogP contribution in [0.25, 0.3) is 0 Å². The van der Waals surface area contributed by atoms with E-state index in [1.165, 1.54) is 6.20 Å². The standard InChI is InChI=1S/C8H10ClFN2/c1-8(2,3)5-4-11-7(10)12-6(5)9/h4H,1-3H3. The molecular weight excluding hydrogens is 179 g/mol. The van der Waals surface area contributed by atoms with Crippen LogP contribution in [-0.2, 0) is 5.41 Å². The number of hydrogen-bond acceptors (Lipinski definition) is 2. The number of nitrogens with zero attached hydrogens (tertiary/aromatic N) is 2. The molecule has 0 spiro atoms. The summed E-state index contributed by atoms with van der Waals surface area (Å²) in [6, 6.07) is 0. The smallest absolute Gasteiger partial charge is 0.210 e. The van der Waals surface area contributed by atoms with Gasteiger partial charge >= 0.3 is 6.08 Å². The molecule has 1 aromatic rings. The van der Waals surface area contributed by atoms with E-state index in [1.54, 1.807) is 0 Å². The predicted octanol–water partition coefficient (Wildman–Crippen LogP) is 2.57. The van der Waals surface area contributed by atoms with Crippen LogP contribution in [0.5, 0.6) is 0 Å². The molecule has 0 N–H and O–H groups in total. The van der Waals surface area contributed by atoms with E-state index in [1.807, 2.05) is 20.8 Å². The van der Waals surface area contributed by atoms with Crippen LogP contribution < -0.4 is 0 Å². The van der Waals surface area contributed by atoms with E-state index in [0.717, 1.165) is 5.56 Å². The largest absolute Gasteiger partial charge is 0.309 e. The number of hydrogen-bond donors (Lipinski definition) is 0. The van der Waals surface area contributed by atoms with Gasteiger partial charge in [0, 0.05) is 11.8 Å². The second-order valence-electron chi connectivity index (χ2n) is 3.59. The van der Waals surface area contributed by atoms with Crippen molar-refractivity contribution < 1.29 is 4.39 Å². The van der Waals surface area contributed by atoms with E-state index in [2.05, 4.69) is 9.97 Å². The third kappa shape index (κ3) is 1.91. The van der Waals surface area contributed by atoms with E-state index in [-0.39, 0.29) is 10.6 Å². The Hall–Kier alpha value is -0.700. The molecule has 12 heavy (non-hydrogen) atoms. The molecule has 0 bridgehead atoms. The molecule has 1 heterocycles. The normalized spacial score (nSPS) is 11.8. The van der Waals surface area contributed by atoms with Crippen molar-refractivity contribution in [3.63, 3.8) is 0 Å². The third-order valence-corrected chi connectivity index (χ3v) is 1.81. The van der Waals surface area contributed by atoms with Crippen molar-refractivity contribution >= 4 is 11.6 Å². The van der Waals surface area contributed by atoms with Crippen LogP contribution in [0.2, 0.25) is 5.15 Å². The van der Waals surface area contributed by atoms with Crippen molar-refractivity contribution in [1.82, 2.24) is 9.97 Å². The molecule has 0 atom stereocenters. The van der Waals surface area contributed by atoms with Crippen LogP contribution in [0.1, 0.15) is 26.3 Å². The summed E-state index contributed by atoms with van der Waals surface area (Å²) in [7, 11) is 0. The van der Waals surface area contributed by atoms with Crippen molar-refractivity contribution in [3.8, 4) is 0 Å². The molecule has 4 heteroatoms. The zero-order valence-electron chi connectivity index (χ0n) is 7.23. The summed E-state index contributed by atoms with van der Waals surface area (Å²) in [5.41, 5.74) is 0.607. The van der Waals surface area contributed by atoms with Gasteiger partial charge in [0.25, 0.3) is 0 Å². The summed E-state index contributed by atoms with van der Waals surface area (Å²) >= 11 is 5.72. The fourth-order valence-corrected chi connectivity index (χ4v) is 1.25. The number of halogens is 2. The molecule has 2 nitrogen and oxygen atoms in total. The number of rotatable bonds is 0. The summed E-state index contributed by atoms with van der Waals surface area (Å²) in [5.74, 6) is 0. The topological polar surface area (TPSA) is 25.8 Å². The molecule has 0 amide bonds. The maximum Gasteiger partial charge on any atom is 0.309 e. The van der Waals surface area contributed by atoms with E-state index in [4.69, 9.17) is 11.6 Å². The van der Waals surface area contributed by atoms with Gasteiger partial charge in [0.2, 0.25) is 0 Å². The Morgan fingerprint density at radius 3 is 2.42 bits per heavy atom. The van der Waals surface area contributed by atoms with Crippen LogP contribution >= 0.6 is 11.6 Å². The Kier molecular flexibility index (Phi) is 2.33. The minimum atomic E-state index is -0.784. The molecule has 0 aliphatic carbocycles. The summed E-state index contributed by atoms with van der Waals surface area (Å²) in [4.78, 5) is 6.87. The Labute approximate surface area is 75.8 Å². The fraction of sp³-hybridized carbons (Fsp3) is 0.500. The minimum Gasteiger partial charge on any atom is -0.210 e. The molecule has 0 saturated carbocycles. The first-order chi connectivity index (χ1) is 5.41. The molecule has 66 valence electrons. The van der Waals surface area contributed by atoms with Gasteiger partial charge in [0.05, 0.1) is 0 Å². The third-order valence-electron chi connectivity index (χ3n) is 1.52. The first kappa shape index (κ1) is 9.39. The lowest BCUT2D eigenvalue weighted by Gasteiger charge is -2.18. The average molecular weight is 189 g/mol. The van der Waals surface area contributed by atoms with Crippen molar-refractivity contribution in [2.24, 2.45) is 0 Å². The van der Waals surface area contributed by atoms with Crippen molar-refractivity contribution in [2.75, 3.05) is 0 Å². The molecule has 0 aliphatic rings. The highest BCUT2D eigenvalue weighted by atomic mass is 35.5. The Morgan fingerprint density at radius 1 is 1.42 bits per heavy atom. The average Bonchev–Trinajstić information content (AvgIpc) is 1.83. The maximum absolute atomic E-state index is 12.4. The minimum absolute atomic E-state index is 0.148. The molecule has 0 saturated heterocycles. The van der Waals surface area contributed by atoms with Gasteiger partial charge in [-0.2, -0.15) is 9.37 Å². The quantitative estimate of drug-likeness (QED) is 0.462. The van der Waals surface area contributed by atoms with Crippen LogP contribution in [0, 0.1) is 6.08 Å². The van der Waals surface area contributed by atoms with Gasteiger partial charge in [-0.05, 0) is 5.41 Å². The Bertz CT molecular complexity index is 294. The lowest BCUT2D eigenvalue weighted by atomic mass is 9.89. The van der Waals surface area contributed by atoms with E-state index < -0.39 is 6.08 Å². The Balaban J connectivity index is 3.19. The molecule has 0 aromatic carbocycles. The molecule has 1 aromatic heterocycles. The summed E-state index contributed by atoms with van der Waals surface area (Å²) in [6.07, 6.45) is 0.637. The highest BCUT2D eigenvalue weighted by Gasteiger charge is 2.18. The lowest BCUT2D eigenvalue weighted by molar-refractivity contribution is 0.521. The second-order valence-corrected chi connectivity index (χ2v) is 3.95. The second kappa shape index (κ2) is 2.98. The molecule has 1 rings (SSSR count). The monoisotopic (exact) mass is 188 g/mol. The molecule has 0 fully saturated rings. The predicted molar refractivity (Wildman–Crippen MR) is 45.7 cm³/mol. The SMILES string of the molecule is CC(C)(C)c1cnc(F)nc1Cl.